The van der Waals surface area contributed by atoms with Crippen LogP contribution in [0.15, 0.2) is 15.9 Å². The highest BCUT2D eigenvalue weighted by atomic mass is 79.9. The standard InChI is InChI=1S/C15H25BrN2S/c1-14(2,3)12-9-18(15(4,5)10-17-12)8-11-6-7-13(16)19-11/h6-7,12,17H,8-10H2,1-5H3. The van der Waals surface area contributed by atoms with E-state index in [2.05, 4.69) is 72.9 Å². The molecular weight excluding hydrogens is 320 g/mol. The molecule has 0 saturated carbocycles. The first-order chi connectivity index (χ1) is 8.68. The molecule has 1 aliphatic heterocycles. The van der Waals surface area contributed by atoms with Crippen LogP contribution in [0.2, 0.25) is 0 Å². The Kier molecular flexibility index (Phi) is 4.46. The predicted octanol–water partition coefficient (Wildman–Crippen LogP) is 4.11. The molecule has 1 aromatic rings. The molecule has 108 valence electrons. The molecule has 1 N–H and O–H groups in total. The van der Waals surface area contributed by atoms with E-state index in [1.807, 2.05) is 11.3 Å². The van der Waals surface area contributed by atoms with Crippen molar-refractivity contribution >= 4 is 27.3 Å². The van der Waals surface area contributed by atoms with E-state index in [1.165, 1.54) is 8.66 Å². The summed E-state index contributed by atoms with van der Waals surface area (Å²) in [6, 6.07) is 4.94. The van der Waals surface area contributed by atoms with Crippen molar-refractivity contribution in [2.24, 2.45) is 5.41 Å². The van der Waals surface area contributed by atoms with Crippen molar-refractivity contribution in [1.82, 2.24) is 10.2 Å². The van der Waals surface area contributed by atoms with E-state index in [1.54, 1.807) is 0 Å². The minimum absolute atomic E-state index is 0.220. The highest BCUT2D eigenvalue weighted by Crippen LogP contribution is 2.31. The molecule has 4 heteroatoms. The number of rotatable bonds is 2. The first-order valence-corrected chi connectivity index (χ1v) is 8.52. The molecule has 0 aliphatic carbocycles. The van der Waals surface area contributed by atoms with Crippen LogP contribution < -0.4 is 5.32 Å². The molecule has 1 fully saturated rings. The summed E-state index contributed by atoms with van der Waals surface area (Å²) < 4.78 is 1.22. The second-order valence-electron chi connectivity index (χ2n) is 7.20. The maximum absolute atomic E-state index is 3.72. The predicted molar refractivity (Wildman–Crippen MR) is 87.8 cm³/mol. The summed E-state index contributed by atoms with van der Waals surface area (Å²) in [5, 5.41) is 3.72. The lowest BCUT2D eigenvalue weighted by Crippen LogP contribution is -2.64. The van der Waals surface area contributed by atoms with E-state index < -0.39 is 0 Å². The summed E-state index contributed by atoms with van der Waals surface area (Å²) in [7, 11) is 0. The molecule has 2 heterocycles. The van der Waals surface area contributed by atoms with Gasteiger partial charge in [0, 0.05) is 36.1 Å². The molecule has 0 radical (unpaired) electrons. The molecule has 0 bridgehead atoms. The Balaban J connectivity index is 2.11. The zero-order valence-corrected chi connectivity index (χ0v) is 15.0. The Morgan fingerprint density at radius 2 is 2.11 bits per heavy atom. The Labute approximate surface area is 129 Å². The fraction of sp³-hybridized carbons (Fsp3) is 0.733. The highest BCUT2D eigenvalue weighted by Gasteiger charge is 2.38. The first-order valence-electron chi connectivity index (χ1n) is 6.91. The fourth-order valence-corrected chi connectivity index (χ4v) is 4.00. The molecule has 0 amide bonds. The van der Waals surface area contributed by atoms with Crippen molar-refractivity contribution in [1.29, 1.82) is 0 Å². The summed E-state index contributed by atoms with van der Waals surface area (Å²) in [5.74, 6) is 0. The van der Waals surface area contributed by atoms with Gasteiger partial charge in [-0.3, -0.25) is 4.90 Å². The summed E-state index contributed by atoms with van der Waals surface area (Å²) in [6.07, 6.45) is 0. The van der Waals surface area contributed by atoms with Crippen LogP contribution in [-0.2, 0) is 6.54 Å². The molecular formula is C15H25BrN2S. The highest BCUT2D eigenvalue weighted by molar-refractivity contribution is 9.11. The smallest absolute Gasteiger partial charge is 0.0701 e. The largest absolute Gasteiger partial charge is 0.310 e. The average Bonchev–Trinajstić information content (AvgIpc) is 2.65. The van der Waals surface area contributed by atoms with Crippen molar-refractivity contribution in [2.75, 3.05) is 13.1 Å². The molecule has 0 spiro atoms. The minimum atomic E-state index is 0.220. The van der Waals surface area contributed by atoms with Gasteiger partial charge < -0.3 is 5.32 Å². The number of nitrogens with zero attached hydrogens (tertiary/aromatic N) is 1. The van der Waals surface area contributed by atoms with E-state index in [0.29, 0.717) is 11.5 Å². The van der Waals surface area contributed by atoms with Crippen LogP contribution in [0.4, 0.5) is 0 Å². The zero-order valence-electron chi connectivity index (χ0n) is 12.6. The molecule has 0 aromatic carbocycles. The van der Waals surface area contributed by atoms with Gasteiger partial charge in [0.1, 0.15) is 0 Å². The van der Waals surface area contributed by atoms with Gasteiger partial charge in [-0.05, 0) is 47.3 Å². The van der Waals surface area contributed by atoms with Crippen LogP contribution in [0.25, 0.3) is 0 Å². The van der Waals surface area contributed by atoms with Crippen molar-refractivity contribution in [3.05, 3.63) is 20.8 Å². The lowest BCUT2D eigenvalue weighted by molar-refractivity contribution is 0.0303. The van der Waals surface area contributed by atoms with Crippen LogP contribution in [0.1, 0.15) is 39.5 Å². The van der Waals surface area contributed by atoms with Crippen molar-refractivity contribution < 1.29 is 0 Å². The van der Waals surface area contributed by atoms with E-state index >= 15 is 0 Å². The number of hydrogen-bond donors (Lipinski definition) is 1. The van der Waals surface area contributed by atoms with Gasteiger partial charge in [0.2, 0.25) is 0 Å². The Morgan fingerprint density at radius 1 is 1.42 bits per heavy atom. The lowest BCUT2D eigenvalue weighted by Gasteiger charge is -2.49. The normalized spacial score (nSPS) is 24.6. The summed E-state index contributed by atoms with van der Waals surface area (Å²) in [5.41, 5.74) is 0.531. The number of thiophene rings is 1. The number of hydrogen-bond acceptors (Lipinski definition) is 3. The van der Waals surface area contributed by atoms with Gasteiger partial charge in [0.15, 0.2) is 0 Å². The second kappa shape index (κ2) is 5.47. The Morgan fingerprint density at radius 3 is 2.63 bits per heavy atom. The van der Waals surface area contributed by atoms with Gasteiger partial charge >= 0.3 is 0 Å². The first kappa shape index (κ1) is 15.5. The Hall–Kier alpha value is 0.1000. The maximum atomic E-state index is 3.72. The molecule has 2 rings (SSSR count). The molecule has 1 aliphatic rings. The summed E-state index contributed by atoms with van der Waals surface area (Å²) in [4.78, 5) is 4.06. The van der Waals surface area contributed by atoms with Crippen LogP contribution in [0, 0.1) is 5.41 Å². The van der Waals surface area contributed by atoms with Gasteiger partial charge in [-0.25, -0.2) is 0 Å². The summed E-state index contributed by atoms with van der Waals surface area (Å²) >= 11 is 5.40. The topological polar surface area (TPSA) is 15.3 Å². The molecule has 19 heavy (non-hydrogen) atoms. The lowest BCUT2D eigenvalue weighted by atomic mass is 9.83. The van der Waals surface area contributed by atoms with Crippen LogP contribution in [0.5, 0.6) is 0 Å². The second-order valence-corrected chi connectivity index (χ2v) is 9.75. The van der Waals surface area contributed by atoms with Crippen molar-refractivity contribution in [3.8, 4) is 0 Å². The molecule has 1 atom stereocenters. The van der Waals surface area contributed by atoms with Crippen molar-refractivity contribution in [2.45, 2.75) is 52.7 Å². The van der Waals surface area contributed by atoms with Crippen LogP contribution in [-0.4, -0.2) is 29.6 Å². The maximum Gasteiger partial charge on any atom is 0.0701 e. The molecule has 1 aromatic heterocycles. The third kappa shape index (κ3) is 3.81. The average molecular weight is 345 g/mol. The van der Waals surface area contributed by atoms with Gasteiger partial charge in [-0.15, -0.1) is 11.3 Å². The quantitative estimate of drug-likeness (QED) is 0.868. The zero-order chi connectivity index (χ0) is 14.3. The van der Waals surface area contributed by atoms with E-state index in [0.717, 1.165) is 19.6 Å². The SMILES string of the molecule is CC(C)(C)C1CN(Cc2ccc(Br)s2)C(C)(C)CN1. The third-order valence-corrected chi connectivity index (χ3v) is 5.67. The van der Waals surface area contributed by atoms with Crippen LogP contribution >= 0.6 is 27.3 Å². The van der Waals surface area contributed by atoms with Crippen molar-refractivity contribution in [3.63, 3.8) is 0 Å². The fourth-order valence-electron chi connectivity index (χ4n) is 2.50. The molecule has 2 nitrogen and oxygen atoms in total. The van der Waals surface area contributed by atoms with Gasteiger partial charge in [-0.2, -0.15) is 0 Å². The number of halogens is 1. The third-order valence-electron chi connectivity index (χ3n) is 4.06. The Bertz CT molecular complexity index is 434. The number of piperazine rings is 1. The molecule has 1 saturated heterocycles. The van der Waals surface area contributed by atoms with E-state index in [-0.39, 0.29) is 5.54 Å². The number of nitrogens with one attached hydrogen (secondary N) is 1. The van der Waals surface area contributed by atoms with E-state index in [4.69, 9.17) is 0 Å². The summed E-state index contributed by atoms with van der Waals surface area (Å²) in [6.45, 7) is 14.9. The van der Waals surface area contributed by atoms with Gasteiger partial charge in [-0.1, -0.05) is 20.8 Å². The minimum Gasteiger partial charge on any atom is -0.310 e. The van der Waals surface area contributed by atoms with E-state index in [9.17, 15) is 0 Å². The monoisotopic (exact) mass is 344 g/mol. The van der Waals surface area contributed by atoms with Gasteiger partial charge in [0.25, 0.3) is 0 Å². The van der Waals surface area contributed by atoms with Gasteiger partial charge in [0.05, 0.1) is 3.79 Å². The molecule has 1 unspecified atom stereocenters. The van der Waals surface area contributed by atoms with Crippen LogP contribution in [0.3, 0.4) is 0 Å².